The maximum atomic E-state index is 4.63. The van der Waals surface area contributed by atoms with Crippen molar-refractivity contribution in [3.63, 3.8) is 0 Å². The highest BCUT2D eigenvalue weighted by Gasteiger charge is 2.40. The molecule has 0 N–H and O–H groups in total. The van der Waals surface area contributed by atoms with Crippen LogP contribution in [0.2, 0.25) is 0 Å². The Labute approximate surface area is 98.1 Å². The summed E-state index contributed by atoms with van der Waals surface area (Å²) in [6.07, 6.45) is 2.50. The largest absolute Gasteiger partial charge is 0.233 e. The minimum Gasteiger partial charge on any atom is -0.233 e. The second kappa shape index (κ2) is 3.05. The second-order valence-electron chi connectivity index (χ2n) is 5.41. The number of hydrogen-bond acceptors (Lipinski definition) is 2. The average Bonchev–Trinajstić information content (AvgIpc) is 2.44. The molecule has 0 unspecified atom stereocenters. The van der Waals surface area contributed by atoms with E-state index in [1.807, 2.05) is 0 Å². The summed E-state index contributed by atoms with van der Waals surface area (Å²) in [7, 11) is 0. The molecule has 2 rings (SSSR count). The molecule has 0 aromatic carbocycles. The predicted molar refractivity (Wildman–Crippen MR) is 65.1 cm³/mol. The van der Waals surface area contributed by atoms with E-state index < -0.39 is 0 Å². The number of hydrogen-bond donors (Lipinski definition) is 0. The summed E-state index contributed by atoms with van der Waals surface area (Å²) in [6, 6.07) is 0. The predicted octanol–water partition coefficient (Wildman–Crippen LogP) is 4.25. The zero-order valence-corrected chi connectivity index (χ0v) is 11.6. The van der Waals surface area contributed by atoms with Gasteiger partial charge in [0.1, 0.15) is 0 Å². The van der Waals surface area contributed by atoms with Crippen molar-refractivity contribution in [1.82, 2.24) is 4.98 Å². The lowest BCUT2D eigenvalue weighted by molar-refractivity contribution is 0.331. The lowest BCUT2D eigenvalue weighted by Gasteiger charge is -2.37. The van der Waals surface area contributed by atoms with Gasteiger partial charge in [-0.3, -0.25) is 0 Å². The quantitative estimate of drug-likeness (QED) is 0.689. The molecule has 0 saturated carbocycles. The zero-order valence-electron chi connectivity index (χ0n) is 9.15. The SMILES string of the molecule is CC1(C)CCC(C)(C)c2sc(Br)nc21. The highest BCUT2D eigenvalue weighted by molar-refractivity contribution is 9.11. The molecule has 1 heterocycles. The van der Waals surface area contributed by atoms with Gasteiger partial charge >= 0.3 is 0 Å². The zero-order chi connectivity index (χ0) is 10.6. The molecule has 0 aliphatic heterocycles. The van der Waals surface area contributed by atoms with Crippen molar-refractivity contribution in [3.8, 4) is 0 Å². The number of halogens is 1. The molecule has 78 valence electrons. The Kier molecular flexibility index (Phi) is 2.31. The fourth-order valence-corrected chi connectivity index (χ4v) is 3.83. The Morgan fingerprint density at radius 2 is 1.71 bits per heavy atom. The molecule has 1 aromatic heterocycles. The molecule has 0 amide bonds. The monoisotopic (exact) mass is 273 g/mol. The maximum absolute atomic E-state index is 4.63. The highest BCUT2D eigenvalue weighted by Crippen LogP contribution is 2.48. The van der Waals surface area contributed by atoms with Gasteiger partial charge in [0.25, 0.3) is 0 Å². The van der Waals surface area contributed by atoms with E-state index in [9.17, 15) is 0 Å². The van der Waals surface area contributed by atoms with Gasteiger partial charge in [0, 0.05) is 15.7 Å². The van der Waals surface area contributed by atoms with Gasteiger partial charge in [-0.25, -0.2) is 4.98 Å². The molecule has 0 atom stereocenters. The van der Waals surface area contributed by atoms with E-state index in [1.165, 1.54) is 23.4 Å². The average molecular weight is 274 g/mol. The summed E-state index contributed by atoms with van der Waals surface area (Å²) >= 11 is 5.31. The van der Waals surface area contributed by atoms with Gasteiger partial charge in [-0.15, -0.1) is 11.3 Å². The van der Waals surface area contributed by atoms with E-state index in [4.69, 9.17) is 0 Å². The molecule has 0 fully saturated rings. The van der Waals surface area contributed by atoms with E-state index >= 15 is 0 Å². The number of aromatic nitrogens is 1. The molecule has 0 spiro atoms. The molecule has 0 radical (unpaired) electrons. The van der Waals surface area contributed by atoms with Crippen LogP contribution in [-0.4, -0.2) is 4.98 Å². The number of thiazole rings is 1. The van der Waals surface area contributed by atoms with Gasteiger partial charge in [0.15, 0.2) is 3.92 Å². The minimum absolute atomic E-state index is 0.257. The molecule has 0 saturated heterocycles. The number of fused-ring (bicyclic) bond motifs is 1. The third kappa shape index (κ3) is 1.54. The molecule has 3 heteroatoms. The molecule has 1 aliphatic carbocycles. The fraction of sp³-hybridized carbons (Fsp3) is 0.727. The van der Waals surface area contributed by atoms with Crippen molar-refractivity contribution in [1.29, 1.82) is 0 Å². The third-order valence-electron chi connectivity index (χ3n) is 3.23. The van der Waals surface area contributed by atoms with Crippen LogP contribution in [0.1, 0.15) is 51.1 Å². The van der Waals surface area contributed by atoms with Gasteiger partial charge in [-0.05, 0) is 28.8 Å². The Morgan fingerprint density at radius 1 is 1.14 bits per heavy atom. The highest BCUT2D eigenvalue weighted by atomic mass is 79.9. The topological polar surface area (TPSA) is 12.9 Å². The van der Waals surface area contributed by atoms with Crippen molar-refractivity contribution >= 4 is 27.3 Å². The van der Waals surface area contributed by atoms with Crippen LogP contribution < -0.4 is 0 Å². The van der Waals surface area contributed by atoms with Gasteiger partial charge < -0.3 is 0 Å². The van der Waals surface area contributed by atoms with Crippen LogP contribution in [0.15, 0.2) is 3.92 Å². The summed E-state index contributed by atoms with van der Waals surface area (Å²) in [5.41, 5.74) is 1.88. The van der Waals surface area contributed by atoms with Gasteiger partial charge in [-0.1, -0.05) is 27.7 Å². The lowest BCUT2D eigenvalue weighted by Crippen LogP contribution is -2.32. The Morgan fingerprint density at radius 3 is 2.29 bits per heavy atom. The van der Waals surface area contributed by atoms with E-state index in [0.29, 0.717) is 5.41 Å². The Balaban J connectivity index is 2.60. The van der Waals surface area contributed by atoms with Crippen molar-refractivity contribution in [2.75, 3.05) is 0 Å². The number of rotatable bonds is 0. The summed E-state index contributed by atoms with van der Waals surface area (Å²) in [5.74, 6) is 0. The van der Waals surface area contributed by atoms with Crippen molar-refractivity contribution < 1.29 is 0 Å². The second-order valence-corrected chi connectivity index (χ2v) is 7.69. The van der Waals surface area contributed by atoms with E-state index in [0.717, 1.165) is 3.92 Å². The van der Waals surface area contributed by atoms with Crippen LogP contribution in [0.3, 0.4) is 0 Å². The van der Waals surface area contributed by atoms with Gasteiger partial charge in [-0.2, -0.15) is 0 Å². The normalized spacial score (nSPS) is 23.2. The first-order chi connectivity index (χ1) is 6.33. The molecule has 1 aliphatic rings. The Hall–Kier alpha value is 0.110. The molecule has 1 aromatic rings. The van der Waals surface area contributed by atoms with E-state index in [-0.39, 0.29) is 5.41 Å². The van der Waals surface area contributed by atoms with Gasteiger partial charge in [0.05, 0.1) is 5.69 Å². The maximum Gasteiger partial charge on any atom is 0.159 e. The van der Waals surface area contributed by atoms with E-state index in [1.54, 1.807) is 11.3 Å². The van der Waals surface area contributed by atoms with Gasteiger partial charge in [0.2, 0.25) is 0 Å². The Bertz CT molecular complexity index is 332. The summed E-state index contributed by atoms with van der Waals surface area (Å²) in [5, 5.41) is 0. The van der Waals surface area contributed by atoms with Crippen LogP contribution in [-0.2, 0) is 10.8 Å². The summed E-state index contributed by atoms with van der Waals surface area (Å²) < 4.78 is 1.03. The molecule has 0 bridgehead atoms. The first-order valence-electron chi connectivity index (χ1n) is 5.00. The minimum atomic E-state index is 0.257. The van der Waals surface area contributed by atoms with Crippen molar-refractivity contribution in [2.45, 2.75) is 51.4 Å². The first-order valence-corrected chi connectivity index (χ1v) is 6.61. The van der Waals surface area contributed by atoms with Crippen LogP contribution in [0.5, 0.6) is 0 Å². The molecule has 14 heavy (non-hydrogen) atoms. The lowest BCUT2D eigenvalue weighted by atomic mass is 9.69. The summed E-state index contributed by atoms with van der Waals surface area (Å²) in [4.78, 5) is 6.11. The molecule has 1 nitrogen and oxygen atoms in total. The fourth-order valence-electron chi connectivity index (χ4n) is 2.07. The van der Waals surface area contributed by atoms with Crippen LogP contribution in [0.4, 0.5) is 0 Å². The smallest absolute Gasteiger partial charge is 0.159 e. The first kappa shape index (κ1) is 10.6. The van der Waals surface area contributed by atoms with Crippen molar-refractivity contribution in [2.24, 2.45) is 0 Å². The van der Waals surface area contributed by atoms with Crippen LogP contribution in [0.25, 0.3) is 0 Å². The van der Waals surface area contributed by atoms with Crippen LogP contribution in [0, 0.1) is 0 Å². The summed E-state index contributed by atoms with van der Waals surface area (Å²) in [6.45, 7) is 9.25. The molecular formula is C11H16BrNS. The standard InChI is InChI=1S/C11H16BrNS/c1-10(2)5-6-11(3,4)8-7(10)13-9(12)14-8/h5-6H2,1-4H3. The number of nitrogens with zero attached hydrogens (tertiary/aromatic N) is 1. The molecular weight excluding hydrogens is 258 g/mol. The third-order valence-corrected chi connectivity index (χ3v) is 5.10. The van der Waals surface area contributed by atoms with Crippen LogP contribution >= 0.6 is 27.3 Å². The van der Waals surface area contributed by atoms with Crippen molar-refractivity contribution in [3.05, 3.63) is 14.5 Å². The van der Waals surface area contributed by atoms with E-state index in [2.05, 4.69) is 48.6 Å².